The fraction of sp³-hybridized carbons (Fsp3) is 0.429. The highest BCUT2D eigenvalue weighted by Gasteiger charge is 2.34. The molecule has 0 bridgehead atoms. The second-order valence-electron chi connectivity index (χ2n) is 9.96. The second-order valence-corrected chi connectivity index (χ2v) is 9.96. The van der Waals surface area contributed by atoms with Gasteiger partial charge in [0.2, 0.25) is 0 Å². The van der Waals surface area contributed by atoms with Gasteiger partial charge in [-0.05, 0) is 59.7 Å². The molecule has 2 atom stereocenters. The maximum atomic E-state index is 13.5. The molecule has 11 nitrogen and oxygen atoms in total. The number of ether oxygens (including phenoxy) is 3. The van der Waals surface area contributed by atoms with E-state index >= 15 is 0 Å². The van der Waals surface area contributed by atoms with E-state index in [9.17, 15) is 4.79 Å². The van der Waals surface area contributed by atoms with Gasteiger partial charge < -0.3 is 24.1 Å². The Labute approximate surface area is 226 Å². The Morgan fingerprint density at radius 2 is 1.92 bits per heavy atom. The van der Waals surface area contributed by atoms with Crippen LogP contribution in [0.4, 0.5) is 5.69 Å². The molecule has 2 fully saturated rings. The van der Waals surface area contributed by atoms with Crippen molar-refractivity contribution in [2.45, 2.75) is 31.5 Å². The summed E-state index contributed by atoms with van der Waals surface area (Å²) < 4.78 is 18.7. The van der Waals surface area contributed by atoms with E-state index in [4.69, 9.17) is 14.2 Å². The Bertz CT molecular complexity index is 1490. The lowest BCUT2D eigenvalue weighted by atomic mass is 10.0. The third-order valence-corrected chi connectivity index (χ3v) is 7.68. The van der Waals surface area contributed by atoms with Gasteiger partial charge in [-0.2, -0.15) is 0 Å². The zero-order valence-corrected chi connectivity index (χ0v) is 22.2. The van der Waals surface area contributed by atoms with E-state index in [0.29, 0.717) is 31.0 Å². The molecule has 2 saturated heterocycles. The molecular weight excluding hydrogens is 498 g/mol. The van der Waals surface area contributed by atoms with Gasteiger partial charge in [0, 0.05) is 49.3 Å². The number of H-pyrrole nitrogens is 1. The van der Waals surface area contributed by atoms with E-state index in [2.05, 4.69) is 36.4 Å². The minimum Gasteiger partial charge on any atom is -0.497 e. The second kappa shape index (κ2) is 11.0. The molecule has 2 aromatic heterocycles. The quantitative estimate of drug-likeness (QED) is 0.367. The van der Waals surface area contributed by atoms with Crippen molar-refractivity contribution >= 4 is 16.6 Å². The first-order chi connectivity index (χ1) is 19.1. The number of benzene rings is 2. The minimum atomic E-state index is -0.430. The molecular formula is C28H33N7O4. The predicted molar refractivity (Wildman–Crippen MR) is 147 cm³/mol. The zero-order valence-electron chi connectivity index (χ0n) is 22.2. The fourth-order valence-electron chi connectivity index (χ4n) is 5.66. The number of nitrogens with one attached hydrogen (secondary N) is 1. The van der Waals surface area contributed by atoms with Crippen LogP contribution in [0.25, 0.3) is 10.9 Å². The summed E-state index contributed by atoms with van der Waals surface area (Å²) >= 11 is 0. The first-order valence-corrected chi connectivity index (χ1v) is 13.3. The van der Waals surface area contributed by atoms with Crippen LogP contribution in [-0.4, -0.2) is 83.2 Å². The average Bonchev–Trinajstić information content (AvgIpc) is 3.66. The van der Waals surface area contributed by atoms with Crippen LogP contribution < -0.4 is 19.9 Å². The zero-order chi connectivity index (χ0) is 26.8. The summed E-state index contributed by atoms with van der Waals surface area (Å²) in [6.45, 7) is 4.27. The van der Waals surface area contributed by atoms with E-state index in [0.717, 1.165) is 60.6 Å². The molecule has 39 heavy (non-hydrogen) atoms. The van der Waals surface area contributed by atoms with Crippen LogP contribution in [0.2, 0.25) is 0 Å². The van der Waals surface area contributed by atoms with Gasteiger partial charge >= 0.3 is 0 Å². The smallest absolute Gasteiger partial charge is 0.253 e. The number of hydrogen-bond acceptors (Lipinski definition) is 9. The predicted octanol–water partition coefficient (Wildman–Crippen LogP) is 2.62. The van der Waals surface area contributed by atoms with Crippen molar-refractivity contribution in [3.05, 3.63) is 70.3 Å². The summed E-state index contributed by atoms with van der Waals surface area (Å²) in [6.07, 6.45) is 2.06. The SMILES string of the molecule is COc1ccc2[nH]c(=O)c([C@@H](c3nnnn3C[C@@H]3CCCO3)N3CCN(c4ccccc4OC)CC3)cc2c1. The number of pyridine rings is 1. The number of piperazine rings is 1. The fourth-order valence-corrected chi connectivity index (χ4v) is 5.66. The largest absolute Gasteiger partial charge is 0.497 e. The molecule has 0 radical (unpaired) electrons. The van der Waals surface area contributed by atoms with E-state index in [1.54, 1.807) is 14.2 Å². The summed E-state index contributed by atoms with van der Waals surface area (Å²) in [5.74, 6) is 2.22. The topological polar surface area (TPSA) is 111 Å². The molecule has 204 valence electrons. The van der Waals surface area contributed by atoms with Crippen LogP contribution in [0.3, 0.4) is 0 Å². The van der Waals surface area contributed by atoms with E-state index in [1.807, 2.05) is 47.1 Å². The molecule has 0 aliphatic carbocycles. The van der Waals surface area contributed by atoms with Gasteiger partial charge in [-0.1, -0.05) is 12.1 Å². The number of aromatic nitrogens is 5. The van der Waals surface area contributed by atoms with Crippen LogP contribution in [-0.2, 0) is 11.3 Å². The lowest BCUT2D eigenvalue weighted by Gasteiger charge is -2.40. The number of nitrogens with zero attached hydrogens (tertiary/aromatic N) is 6. The van der Waals surface area contributed by atoms with Crippen molar-refractivity contribution in [2.24, 2.45) is 0 Å². The maximum Gasteiger partial charge on any atom is 0.253 e. The van der Waals surface area contributed by atoms with Gasteiger partial charge in [0.05, 0.1) is 32.6 Å². The van der Waals surface area contributed by atoms with Crippen LogP contribution in [0.15, 0.2) is 53.3 Å². The summed E-state index contributed by atoms with van der Waals surface area (Å²) in [4.78, 5) is 21.2. The molecule has 2 aliphatic rings. The third-order valence-electron chi connectivity index (χ3n) is 7.68. The molecule has 0 spiro atoms. The van der Waals surface area contributed by atoms with Crippen LogP contribution in [0.5, 0.6) is 11.5 Å². The lowest BCUT2D eigenvalue weighted by molar-refractivity contribution is 0.0906. The molecule has 2 aliphatic heterocycles. The molecule has 0 amide bonds. The van der Waals surface area contributed by atoms with Crippen molar-refractivity contribution in [2.75, 3.05) is 51.9 Å². The monoisotopic (exact) mass is 531 g/mol. The van der Waals surface area contributed by atoms with Gasteiger partial charge in [-0.25, -0.2) is 4.68 Å². The molecule has 0 unspecified atom stereocenters. The minimum absolute atomic E-state index is 0.0643. The summed E-state index contributed by atoms with van der Waals surface area (Å²) in [5, 5.41) is 13.7. The number of tetrazole rings is 1. The van der Waals surface area contributed by atoms with Gasteiger partial charge in [-0.15, -0.1) is 5.10 Å². The van der Waals surface area contributed by atoms with Crippen molar-refractivity contribution in [1.82, 2.24) is 30.1 Å². The molecule has 0 saturated carbocycles. The van der Waals surface area contributed by atoms with Crippen molar-refractivity contribution in [1.29, 1.82) is 0 Å². The summed E-state index contributed by atoms with van der Waals surface area (Å²) in [7, 11) is 3.33. The number of aromatic amines is 1. The highest BCUT2D eigenvalue weighted by molar-refractivity contribution is 5.80. The van der Waals surface area contributed by atoms with Crippen LogP contribution >= 0.6 is 0 Å². The number of para-hydroxylation sites is 2. The Hall–Kier alpha value is -3.96. The highest BCUT2D eigenvalue weighted by Crippen LogP contribution is 2.32. The Kier molecular flexibility index (Phi) is 7.16. The van der Waals surface area contributed by atoms with Crippen molar-refractivity contribution < 1.29 is 14.2 Å². The van der Waals surface area contributed by atoms with E-state index < -0.39 is 6.04 Å². The number of methoxy groups -OCH3 is 2. The van der Waals surface area contributed by atoms with Gasteiger partial charge in [-0.3, -0.25) is 9.69 Å². The van der Waals surface area contributed by atoms with Crippen LogP contribution in [0.1, 0.15) is 30.3 Å². The third kappa shape index (κ3) is 5.07. The average molecular weight is 532 g/mol. The number of fused-ring (bicyclic) bond motifs is 1. The molecule has 1 N–H and O–H groups in total. The Morgan fingerprint density at radius 3 is 2.69 bits per heavy atom. The standard InChI is InChI=1S/C28H33N7O4/c1-37-20-9-10-23-19(16-20)17-22(28(36)29-23)26(27-30-31-32-35(27)18-21-6-5-15-39-21)34-13-11-33(12-14-34)24-7-3-4-8-25(24)38-2/h3-4,7-10,16-17,21,26H,5-6,11-15,18H2,1-2H3,(H,29,36)/t21-,26-/m0/s1. The molecule has 4 heterocycles. The van der Waals surface area contributed by atoms with Gasteiger partial charge in [0.25, 0.3) is 5.56 Å². The first-order valence-electron chi connectivity index (χ1n) is 13.3. The van der Waals surface area contributed by atoms with Crippen molar-refractivity contribution in [3.8, 4) is 11.5 Å². The maximum absolute atomic E-state index is 13.5. The van der Waals surface area contributed by atoms with E-state index in [-0.39, 0.29) is 11.7 Å². The number of hydrogen-bond donors (Lipinski definition) is 1. The molecule has 4 aromatic rings. The highest BCUT2D eigenvalue weighted by atomic mass is 16.5. The van der Waals surface area contributed by atoms with Gasteiger partial charge in [0.15, 0.2) is 5.82 Å². The van der Waals surface area contributed by atoms with Crippen LogP contribution in [0, 0.1) is 0 Å². The molecule has 2 aromatic carbocycles. The lowest BCUT2D eigenvalue weighted by Crippen LogP contribution is -2.49. The number of anilines is 1. The normalized spacial score (nSPS) is 18.9. The molecule has 11 heteroatoms. The van der Waals surface area contributed by atoms with Gasteiger partial charge in [0.1, 0.15) is 17.5 Å². The first kappa shape index (κ1) is 25.3. The summed E-state index contributed by atoms with van der Waals surface area (Å²) in [6, 6.07) is 15.2. The Balaban J connectivity index is 1.37. The Morgan fingerprint density at radius 1 is 1.08 bits per heavy atom. The van der Waals surface area contributed by atoms with Crippen molar-refractivity contribution in [3.63, 3.8) is 0 Å². The van der Waals surface area contributed by atoms with E-state index in [1.165, 1.54) is 0 Å². The molecule has 6 rings (SSSR count). The number of rotatable bonds is 8. The summed E-state index contributed by atoms with van der Waals surface area (Å²) in [5.41, 5.74) is 2.26.